The number of hydrogen-bond donors (Lipinski definition) is 1. The second-order valence-corrected chi connectivity index (χ2v) is 7.96. The minimum Gasteiger partial charge on any atom is -0.372 e. The van der Waals surface area contributed by atoms with Gasteiger partial charge in [-0.05, 0) is 72.7 Å². The third kappa shape index (κ3) is 3.80. The third-order valence-corrected chi connectivity index (χ3v) is 5.65. The molecule has 0 radical (unpaired) electrons. The fourth-order valence-corrected chi connectivity index (χ4v) is 4.00. The number of rotatable bonds is 3. The molecule has 0 aromatic heterocycles. The summed E-state index contributed by atoms with van der Waals surface area (Å²) in [5, 5.41) is 2.97. The first kappa shape index (κ1) is 18.7. The van der Waals surface area contributed by atoms with Crippen LogP contribution in [0, 0.1) is 12.8 Å². The fraction of sp³-hybridized carbons (Fsp3) is 0.391. The molecule has 1 N–H and O–H groups in total. The molecule has 0 bridgehead atoms. The van der Waals surface area contributed by atoms with Gasteiger partial charge in [-0.25, -0.2) is 0 Å². The van der Waals surface area contributed by atoms with E-state index >= 15 is 0 Å². The molecule has 2 aliphatic rings. The monoisotopic (exact) mass is 378 g/mol. The quantitative estimate of drug-likeness (QED) is 0.873. The molecule has 2 heterocycles. The van der Waals surface area contributed by atoms with Crippen LogP contribution < -0.4 is 5.32 Å². The number of aryl methyl sites for hydroxylation is 1. The molecule has 2 aliphatic heterocycles. The van der Waals surface area contributed by atoms with Gasteiger partial charge in [-0.2, -0.15) is 0 Å². The average molecular weight is 378 g/mol. The van der Waals surface area contributed by atoms with Crippen molar-refractivity contribution in [2.45, 2.75) is 39.9 Å². The van der Waals surface area contributed by atoms with E-state index in [0.29, 0.717) is 30.3 Å². The van der Waals surface area contributed by atoms with E-state index in [-0.39, 0.29) is 11.8 Å². The van der Waals surface area contributed by atoms with Gasteiger partial charge < -0.3 is 15.0 Å². The minimum atomic E-state index is -0.151. The number of hydrogen-bond acceptors (Lipinski definition) is 3. The van der Waals surface area contributed by atoms with Crippen molar-refractivity contribution >= 4 is 17.5 Å². The molecule has 2 aromatic carbocycles. The molecule has 0 saturated carbocycles. The van der Waals surface area contributed by atoms with Crippen molar-refractivity contribution in [3.8, 4) is 0 Å². The number of fused-ring (bicyclic) bond motifs is 1. The Morgan fingerprint density at radius 1 is 1.07 bits per heavy atom. The number of piperidine rings is 1. The van der Waals surface area contributed by atoms with Crippen molar-refractivity contribution in [1.29, 1.82) is 0 Å². The van der Waals surface area contributed by atoms with Crippen molar-refractivity contribution < 1.29 is 14.3 Å². The van der Waals surface area contributed by atoms with E-state index in [1.807, 2.05) is 42.2 Å². The van der Waals surface area contributed by atoms with Crippen LogP contribution in [0.1, 0.15) is 57.2 Å². The van der Waals surface area contributed by atoms with Gasteiger partial charge in [-0.15, -0.1) is 0 Å². The van der Waals surface area contributed by atoms with Gasteiger partial charge in [-0.1, -0.05) is 13.0 Å². The molecule has 28 heavy (non-hydrogen) atoms. The largest absolute Gasteiger partial charge is 0.372 e. The van der Waals surface area contributed by atoms with Crippen LogP contribution in [-0.2, 0) is 18.0 Å². The van der Waals surface area contributed by atoms with Crippen LogP contribution in [0.25, 0.3) is 0 Å². The molecular weight excluding hydrogens is 352 g/mol. The van der Waals surface area contributed by atoms with Gasteiger partial charge in [0.15, 0.2) is 0 Å². The van der Waals surface area contributed by atoms with Crippen LogP contribution in [0.5, 0.6) is 0 Å². The summed E-state index contributed by atoms with van der Waals surface area (Å²) >= 11 is 0. The van der Waals surface area contributed by atoms with Crippen LogP contribution in [0.2, 0.25) is 0 Å². The van der Waals surface area contributed by atoms with Gasteiger partial charge in [-0.3, -0.25) is 9.59 Å². The highest BCUT2D eigenvalue weighted by atomic mass is 16.5. The number of likely N-dealkylation sites (tertiary alicyclic amines) is 1. The number of carbonyl (C=O) groups excluding carboxylic acids is 2. The van der Waals surface area contributed by atoms with Crippen molar-refractivity contribution in [1.82, 2.24) is 4.90 Å². The van der Waals surface area contributed by atoms with Crippen molar-refractivity contribution in [3.63, 3.8) is 0 Å². The van der Waals surface area contributed by atoms with Gasteiger partial charge in [0.1, 0.15) is 0 Å². The zero-order valence-corrected chi connectivity index (χ0v) is 16.5. The Hall–Kier alpha value is -2.66. The number of nitrogens with zero attached hydrogens (tertiary/aromatic N) is 1. The Morgan fingerprint density at radius 2 is 1.86 bits per heavy atom. The Bertz CT molecular complexity index is 922. The molecule has 1 fully saturated rings. The fourth-order valence-electron chi connectivity index (χ4n) is 4.00. The lowest BCUT2D eigenvalue weighted by Crippen LogP contribution is -2.39. The maximum absolute atomic E-state index is 12.8. The van der Waals surface area contributed by atoms with Gasteiger partial charge in [0, 0.05) is 29.9 Å². The molecule has 0 spiro atoms. The predicted molar refractivity (Wildman–Crippen MR) is 108 cm³/mol. The lowest BCUT2D eigenvalue weighted by atomic mass is 9.99. The van der Waals surface area contributed by atoms with E-state index in [1.54, 1.807) is 6.07 Å². The highest BCUT2D eigenvalue weighted by molar-refractivity contribution is 6.05. The summed E-state index contributed by atoms with van der Waals surface area (Å²) in [6, 6.07) is 11.2. The first-order chi connectivity index (χ1) is 13.5. The maximum Gasteiger partial charge on any atom is 0.255 e. The number of anilines is 1. The highest BCUT2D eigenvalue weighted by Gasteiger charge is 2.22. The molecule has 1 saturated heterocycles. The summed E-state index contributed by atoms with van der Waals surface area (Å²) in [7, 11) is 0. The summed E-state index contributed by atoms with van der Waals surface area (Å²) in [6.07, 6.45) is 2.24. The predicted octanol–water partition coefficient (Wildman–Crippen LogP) is 4.15. The Kier molecular flexibility index (Phi) is 5.18. The standard InChI is InChI=1S/C23H26N2O3/c1-15-4-3-9-25(12-15)23(27)18-7-8-21(16(2)10-18)24-22(26)17-5-6-19-13-28-14-20(19)11-17/h5-8,10-11,15H,3-4,9,12-14H2,1-2H3,(H,24,26)/t15-/m1/s1. The number of nitrogens with one attached hydrogen (secondary N) is 1. The second-order valence-electron chi connectivity index (χ2n) is 7.96. The van der Waals surface area contributed by atoms with Crippen LogP contribution in [0.4, 0.5) is 5.69 Å². The van der Waals surface area contributed by atoms with E-state index in [9.17, 15) is 9.59 Å². The Labute approximate surface area is 165 Å². The Morgan fingerprint density at radius 3 is 2.64 bits per heavy atom. The zero-order chi connectivity index (χ0) is 19.7. The van der Waals surface area contributed by atoms with Gasteiger partial charge in [0.2, 0.25) is 0 Å². The second kappa shape index (κ2) is 7.76. The lowest BCUT2D eigenvalue weighted by Gasteiger charge is -2.31. The average Bonchev–Trinajstić information content (AvgIpc) is 3.16. The van der Waals surface area contributed by atoms with Gasteiger partial charge >= 0.3 is 0 Å². The number of carbonyl (C=O) groups is 2. The molecule has 5 nitrogen and oxygen atoms in total. The molecule has 0 unspecified atom stereocenters. The topological polar surface area (TPSA) is 58.6 Å². The van der Waals surface area contributed by atoms with E-state index in [0.717, 1.165) is 41.9 Å². The van der Waals surface area contributed by atoms with E-state index in [4.69, 9.17) is 4.74 Å². The number of benzene rings is 2. The summed E-state index contributed by atoms with van der Waals surface area (Å²) in [5.74, 6) is 0.475. The number of ether oxygens (including phenoxy) is 1. The molecule has 146 valence electrons. The lowest BCUT2D eigenvalue weighted by molar-refractivity contribution is 0.0683. The smallest absolute Gasteiger partial charge is 0.255 e. The van der Waals surface area contributed by atoms with E-state index in [1.165, 1.54) is 6.42 Å². The molecule has 1 atom stereocenters. The van der Waals surface area contributed by atoms with Crippen molar-refractivity contribution in [2.75, 3.05) is 18.4 Å². The van der Waals surface area contributed by atoms with Gasteiger partial charge in [0.05, 0.1) is 13.2 Å². The first-order valence-electron chi connectivity index (χ1n) is 9.92. The normalized spacial score (nSPS) is 18.6. The summed E-state index contributed by atoms with van der Waals surface area (Å²) in [4.78, 5) is 27.4. The van der Waals surface area contributed by atoms with Crippen LogP contribution >= 0.6 is 0 Å². The van der Waals surface area contributed by atoms with E-state index < -0.39 is 0 Å². The van der Waals surface area contributed by atoms with Crippen LogP contribution in [0.15, 0.2) is 36.4 Å². The molecule has 4 rings (SSSR count). The number of amides is 2. The molecule has 0 aliphatic carbocycles. The summed E-state index contributed by atoms with van der Waals surface area (Å²) in [6.45, 7) is 6.92. The first-order valence-corrected chi connectivity index (χ1v) is 9.92. The van der Waals surface area contributed by atoms with Crippen LogP contribution in [-0.4, -0.2) is 29.8 Å². The van der Waals surface area contributed by atoms with E-state index in [2.05, 4.69) is 12.2 Å². The highest BCUT2D eigenvalue weighted by Crippen LogP contribution is 2.24. The Balaban J connectivity index is 1.47. The molecule has 2 aromatic rings. The minimum absolute atomic E-state index is 0.0751. The molecule has 2 amide bonds. The summed E-state index contributed by atoms with van der Waals surface area (Å²) in [5.41, 5.74) is 5.12. The zero-order valence-electron chi connectivity index (χ0n) is 16.5. The molecular formula is C23H26N2O3. The molecule has 5 heteroatoms. The SMILES string of the molecule is Cc1cc(C(=O)N2CCC[C@@H](C)C2)ccc1NC(=O)c1ccc2c(c1)COC2. The van der Waals surface area contributed by atoms with Crippen molar-refractivity contribution in [3.05, 3.63) is 64.2 Å². The third-order valence-electron chi connectivity index (χ3n) is 5.65. The van der Waals surface area contributed by atoms with Crippen LogP contribution in [0.3, 0.4) is 0 Å². The van der Waals surface area contributed by atoms with Crippen molar-refractivity contribution in [2.24, 2.45) is 5.92 Å². The van der Waals surface area contributed by atoms with Gasteiger partial charge in [0.25, 0.3) is 11.8 Å². The maximum atomic E-state index is 12.8. The summed E-state index contributed by atoms with van der Waals surface area (Å²) < 4.78 is 5.41.